The smallest absolute Gasteiger partial charge is 0.407 e. The molecule has 3 aromatic carbocycles. The molecule has 0 unspecified atom stereocenters. The second-order valence-corrected chi connectivity index (χ2v) is 18.5. The lowest BCUT2D eigenvalue weighted by Gasteiger charge is -2.34. The summed E-state index contributed by atoms with van der Waals surface area (Å²) >= 11 is 0. The lowest BCUT2D eigenvalue weighted by molar-refractivity contribution is -0.139. The maximum absolute atomic E-state index is 13.6. The number of hydrogen-bond donors (Lipinski definition) is 4. The van der Waals surface area contributed by atoms with Gasteiger partial charge < -0.3 is 41.1 Å². The topological polar surface area (TPSA) is 166 Å². The van der Waals surface area contributed by atoms with Crippen molar-refractivity contribution in [2.45, 2.75) is 129 Å². The molecule has 0 radical (unpaired) electrons. The van der Waals surface area contributed by atoms with Crippen LogP contribution in [0.4, 0.5) is 21.9 Å². The van der Waals surface area contributed by atoms with Crippen LogP contribution in [0.3, 0.4) is 0 Å². The van der Waals surface area contributed by atoms with Crippen LogP contribution in [0.15, 0.2) is 72.8 Å². The van der Waals surface area contributed by atoms with Gasteiger partial charge in [-0.1, -0.05) is 84.9 Å². The molecule has 61 heavy (non-hydrogen) atoms. The van der Waals surface area contributed by atoms with Crippen LogP contribution in [0.5, 0.6) is 0 Å². The number of ether oxygens (including phenoxy) is 1. The van der Waals surface area contributed by atoms with E-state index in [9.17, 15) is 24.0 Å². The number of benzene rings is 3. The van der Waals surface area contributed by atoms with Gasteiger partial charge in [-0.25, -0.2) is 4.79 Å². The molecule has 0 saturated carbocycles. The van der Waals surface area contributed by atoms with Crippen molar-refractivity contribution in [2.24, 2.45) is 17.6 Å². The molecule has 0 spiro atoms. The zero-order valence-electron chi connectivity index (χ0n) is 37.1. The number of nitrogens with zero attached hydrogens (tertiary/aromatic N) is 3. The molecule has 0 bridgehead atoms. The van der Waals surface area contributed by atoms with E-state index in [1.165, 1.54) is 12.7 Å². The Labute approximate surface area is 361 Å². The van der Waals surface area contributed by atoms with Gasteiger partial charge >= 0.3 is 6.09 Å². The Morgan fingerprint density at radius 3 is 1.52 bits per heavy atom. The Kier molecular flexibility index (Phi) is 14.1. The standard InChI is InChI=1S/C48H65N7O6/c1-29(2)41(49)45(58)53-27-9-11-39(53)43(56)50-34-19-13-31(14-20-34)37-25-26-38(55(37)36-23-17-33(18-24-36)48(5,6)7)32-15-21-35(22-16-32)51-44(57)40-12-10-28-54(40)46(59)42(30(3)4)52-47(60)61-8/h13-24,29-30,37-42H,9-12,25-28,49H2,1-8H3,(H,50,56)(H,51,57)(H,52,60)/t37-,38-,39-,40-,41-,42-/m0/s1. The average molecular weight is 836 g/mol. The van der Waals surface area contributed by atoms with E-state index in [1.807, 2.05) is 52.0 Å². The molecular formula is C48H65N7O6. The highest BCUT2D eigenvalue weighted by atomic mass is 16.5. The highest BCUT2D eigenvalue weighted by molar-refractivity contribution is 5.99. The monoisotopic (exact) mass is 835 g/mol. The van der Waals surface area contributed by atoms with Crippen molar-refractivity contribution in [3.8, 4) is 0 Å². The Balaban J connectivity index is 1.18. The third-order valence-corrected chi connectivity index (χ3v) is 12.6. The summed E-state index contributed by atoms with van der Waals surface area (Å²) < 4.78 is 4.74. The number of nitrogens with one attached hydrogen (secondary N) is 3. The molecule has 3 saturated heterocycles. The van der Waals surface area contributed by atoms with Crippen molar-refractivity contribution in [2.75, 3.05) is 35.7 Å². The number of alkyl carbamates (subject to hydrolysis) is 1. The Morgan fingerprint density at radius 2 is 1.11 bits per heavy atom. The van der Waals surface area contributed by atoms with Crippen LogP contribution >= 0.6 is 0 Å². The molecule has 3 heterocycles. The predicted molar refractivity (Wildman–Crippen MR) is 239 cm³/mol. The molecular weight excluding hydrogens is 771 g/mol. The molecule has 6 rings (SSSR count). The van der Waals surface area contributed by atoms with Crippen LogP contribution in [0.25, 0.3) is 0 Å². The van der Waals surface area contributed by atoms with E-state index in [0.29, 0.717) is 43.7 Å². The van der Waals surface area contributed by atoms with Gasteiger partial charge in [-0.3, -0.25) is 19.2 Å². The number of anilines is 3. The van der Waals surface area contributed by atoms with Crippen molar-refractivity contribution < 1.29 is 28.7 Å². The number of carbonyl (C=O) groups excluding carboxylic acids is 5. The fraction of sp³-hybridized carbons (Fsp3) is 0.521. The highest BCUT2D eigenvalue weighted by Crippen LogP contribution is 2.47. The molecule has 6 atom stereocenters. The molecule has 3 aromatic rings. The normalized spacial score (nSPS) is 21.4. The fourth-order valence-corrected chi connectivity index (χ4v) is 8.95. The van der Waals surface area contributed by atoms with E-state index in [2.05, 4.69) is 90.2 Å². The summed E-state index contributed by atoms with van der Waals surface area (Å²) in [6, 6.07) is 22.3. The van der Waals surface area contributed by atoms with E-state index in [0.717, 1.165) is 36.1 Å². The molecule has 13 nitrogen and oxygen atoms in total. The maximum Gasteiger partial charge on any atom is 0.407 e. The molecule has 5 N–H and O–H groups in total. The summed E-state index contributed by atoms with van der Waals surface area (Å²) in [5, 5.41) is 8.74. The molecule has 3 aliphatic heterocycles. The molecule has 5 amide bonds. The molecule has 0 aromatic heterocycles. The van der Waals surface area contributed by atoms with Crippen LogP contribution in [0.1, 0.15) is 116 Å². The van der Waals surface area contributed by atoms with Crippen LogP contribution in [-0.2, 0) is 29.3 Å². The minimum atomic E-state index is -0.803. The Hall–Kier alpha value is -5.43. The first kappa shape index (κ1) is 45.1. The van der Waals surface area contributed by atoms with Crippen LogP contribution in [0, 0.1) is 11.8 Å². The van der Waals surface area contributed by atoms with Gasteiger partial charge in [0, 0.05) is 30.2 Å². The van der Waals surface area contributed by atoms with E-state index in [-0.39, 0.29) is 53.0 Å². The van der Waals surface area contributed by atoms with Crippen molar-refractivity contribution in [3.63, 3.8) is 0 Å². The Bertz CT molecular complexity index is 2030. The SMILES string of the molecule is COC(=O)N[C@H](C(=O)N1CCC[C@H]1C(=O)Nc1ccc([C@@H]2CC[C@@H](c3ccc(NC(=O)[C@@H]4CCCN4C(=O)[C@@H](N)C(C)C)cc3)N2c2ccc(C(C)(C)C)cc2)cc1)C(C)C. The summed E-state index contributed by atoms with van der Waals surface area (Å²) in [5.41, 5.74) is 12.1. The second kappa shape index (κ2) is 19.1. The highest BCUT2D eigenvalue weighted by Gasteiger charge is 2.40. The van der Waals surface area contributed by atoms with Gasteiger partial charge in [0.15, 0.2) is 0 Å². The lowest BCUT2D eigenvalue weighted by Crippen LogP contribution is -2.54. The van der Waals surface area contributed by atoms with Crippen molar-refractivity contribution in [1.82, 2.24) is 15.1 Å². The zero-order chi connectivity index (χ0) is 44.2. The van der Waals surface area contributed by atoms with Crippen molar-refractivity contribution in [1.29, 1.82) is 0 Å². The molecule has 328 valence electrons. The van der Waals surface area contributed by atoms with Gasteiger partial charge in [0.25, 0.3) is 0 Å². The summed E-state index contributed by atoms with van der Waals surface area (Å²) in [6.45, 7) is 15.1. The molecule has 0 aliphatic carbocycles. The van der Waals surface area contributed by atoms with E-state index < -0.39 is 30.3 Å². The van der Waals surface area contributed by atoms with Crippen LogP contribution in [0.2, 0.25) is 0 Å². The first-order valence-corrected chi connectivity index (χ1v) is 21.9. The van der Waals surface area contributed by atoms with E-state index >= 15 is 0 Å². The van der Waals surface area contributed by atoms with Crippen LogP contribution in [-0.4, -0.2) is 83.9 Å². The van der Waals surface area contributed by atoms with Gasteiger partial charge in [-0.15, -0.1) is 0 Å². The molecule has 13 heteroatoms. The van der Waals surface area contributed by atoms with Gasteiger partial charge in [0.2, 0.25) is 23.6 Å². The number of methoxy groups -OCH3 is 1. The third-order valence-electron chi connectivity index (χ3n) is 12.6. The third kappa shape index (κ3) is 10.2. The minimum Gasteiger partial charge on any atom is -0.453 e. The fourth-order valence-electron chi connectivity index (χ4n) is 8.95. The predicted octanol–water partition coefficient (Wildman–Crippen LogP) is 7.29. The summed E-state index contributed by atoms with van der Waals surface area (Å²) in [6.07, 6.45) is 3.71. The number of amides is 5. The average Bonchev–Trinajstić information content (AvgIpc) is 4.03. The van der Waals surface area contributed by atoms with Gasteiger partial charge in [0.05, 0.1) is 25.2 Å². The van der Waals surface area contributed by atoms with Crippen molar-refractivity contribution >= 4 is 46.8 Å². The number of rotatable bonds is 12. The first-order valence-electron chi connectivity index (χ1n) is 21.9. The summed E-state index contributed by atoms with van der Waals surface area (Å²) in [4.78, 5) is 71.4. The number of carbonyl (C=O) groups is 5. The van der Waals surface area contributed by atoms with Gasteiger partial charge in [-0.2, -0.15) is 0 Å². The zero-order valence-corrected chi connectivity index (χ0v) is 37.1. The maximum atomic E-state index is 13.6. The molecule has 3 aliphatic rings. The van der Waals surface area contributed by atoms with E-state index in [1.54, 1.807) is 9.80 Å². The number of likely N-dealkylation sites (tertiary alicyclic amines) is 2. The summed E-state index contributed by atoms with van der Waals surface area (Å²) in [5.74, 6) is -1.13. The lowest BCUT2D eigenvalue weighted by atomic mass is 9.87. The van der Waals surface area contributed by atoms with E-state index in [4.69, 9.17) is 10.5 Å². The Morgan fingerprint density at radius 1 is 0.656 bits per heavy atom. The molecule has 3 fully saturated rings. The van der Waals surface area contributed by atoms with Crippen molar-refractivity contribution in [3.05, 3.63) is 89.5 Å². The van der Waals surface area contributed by atoms with Gasteiger partial charge in [0.1, 0.15) is 18.1 Å². The second-order valence-electron chi connectivity index (χ2n) is 18.5. The number of nitrogens with two attached hydrogens (primary N) is 1. The van der Waals surface area contributed by atoms with Gasteiger partial charge in [-0.05, 0) is 109 Å². The summed E-state index contributed by atoms with van der Waals surface area (Å²) in [7, 11) is 1.26. The number of hydrogen-bond acceptors (Lipinski definition) is 8. The van der Waals surface area contributed by atoms with Crippen LogP contribution < -0.4 is 26.6 Å². The first-order chi connectivity index (χ1) is 29.0. The minimum absolute atomic E-state index is 0.00500. The largest absolute Gasteiger partial charge is 0.453 e. The quantitative estimate of drug-likeness (QED) is 0.148.